The van der Waals surface area contributed by atoms with Crippen molar-refractivity contribution in [2.24, 2.45) is 0 Å². The predicted molar refractivity (Wildman–Crippen MR) is 126 cm³/mol. The molecule has 0 saturated carbocycles. The average Bonchev–Trinajstić information content (AvgIpc) is 2.84. The summed E-state index contributed by atoms with van der Waals surface area (Å²) in [6.07, 6.45) is 0.342. The van der Waals surface area contributed by atoms with E-state index in [1.807, 2.05) is 19.1 Å². The number of ether oxygens (including phenoxy) is 3. The van der Waals surface area contributed by atoms with Crippen LogP contribution in [0.15, 0.2) is 47.3 Å². The zero-order chi connectivity index (χ0) is 24.8. The van der Waals surface area contributed by atoms with Gasteiger partial charge in [0.05, 0.1) is 26.4 Å². The van der Waals surface area contributed by atoms with E-state index in [0.717, 1.165) is 10.1 Å². The number of aromatic hydroxyl groups is 1. The molecule has 8 nitrogen and oxygen atoms in total. The fraction of sp³-hybridized carbons (Fsp3) is 0.269. The molecule has 1 aromatic heterocycles. The first kappa shape index (κ1) is 24.4. The van der Waals surface area contributed by atoms with Gasteiger partial charge in [0, 0.05) is 12.1 Å². The Balaban J connectivity index is 2.04. The van der Waals surface area contributed by atoms with E-state index in [-0.39, 0.29) is 28.8 Å². The highest BCUT2D eigenvalue weighted by atomic mass is 16.5. The van der Waals surface area contributed by atoms with Crippen LogP contribution in [0.4, 0.5) is 0 Å². The maximum absolute atomic E-state index is 13.3. The molecule has 0 fully saturated rings. The van der Waals surface area contributed by atoms with E-state index in [2.05, 4.69) is 0 Å². The minimum Gasteiger partial charge on any atom is -0.494 e. The van der Waals surface area contributed by atoms with Crippen molar-refractivity contribution in [1.82, 2.24) is 4.57 Å². The Hall–Kier alpha value is -4.25. The maximum Gasteiger partial charge on any atom is 0.271 e. The van der Waals surface area contributed by atoms with Crippen molar-refractivity contribution < 1.29 is 24.1 Å². The van der Waals surface area contributed by atoms with Gasteiger partial charge in [0.25, 0.3) is 5.56 Å². The number of rotatable bonds is 9. The lowest BCUT2D eigenvalue weighted by Crippen LogP contribution is -2.27. The fourth-order valence-electron chi connectivity index (χ4n) is 3.75. The SMILES string of the molecule is CCOc1cccc(C(=O)c2c(C)c(C#N)c(=O)n(CCc3ccc(OC)c(OC)c3)c2O)c1. The minimum atomic E-state index is -0.655. The third-order valence-electron chi connectivity index (χ3n) is 5.51. The Morgan fingerprint density at radius 3 is 2.50 bits per heavy atom. The van der Waals surface area contributed by atoms with Gasteiger partial charge in [-0.25, -0.2) is 0 Å². The quantitative estimate of drug-likeness (QED) is 0.484. The van der Waals surface area contributed by atoms with E-state index in [4.69, 9.17) is 14.2 Å². The third-order valence-corrected chi connectivity index (χ3v) is 5.51. The van der Waals surface area contributed by atoms with Gasteiger partial charge in [0.15, 0.2) is 17.3 Å². The van der Waals surface area contributed by atoms with E-state index in [0.29, 0.717) is 30.3 Å². The molecule has 3 rings (SSSR count). The molecule has 0 amide bonds. The van der Waals surface area contributed by atoms with Crippen LogP contribution in [0, 0.1) is 18.3 Å². The van der Waals surface area contributed by atoms with Crippen molar-refractivity contribution in [1.29, 1.82) is 5.26 Å². The molecule has 0 radical (unpaired) electrons. The van der Waals surface area contributed by atoms with Gasteiger partial charge in [-0.15, -0.1) is 0 Å². The zero-order valence-electron chi connectivity index (χ0n) is 19.5. The molecule has 2 aromatic carbocycles. The van der Waals surface area contributed by atoms with Crippen LogP contribution in [-0.2, 0) is 13.0 Å². The standard InChI is InChI=1S/C26H26N2O6/c1-5-34-19-8-6-7-18(14-19)24(29)23-16(2)20(15-27)25(30)28(26(23)31)12-11-17-9-10-21(32-3)22(13-17)33-4/h6-10,13-14,31H,5,11-12H2,1-4H3. The highest BCUT2D eigenvalue weighted by molar-refractivity contribution is 6.11. The average molecular weight is 463 g/mol. The van der Waals surface area contributed by atoms with Crippen LogP contribution in [0.1, 0.15) is 39.5 Å². The number of benzene rings is 2. The van der Waals surface area contributed by atoms with E-state index >= 15 is 0 Å². The molecule has 8 heteroatoms. The molecular weight excluding hydrogens is 436 g/mol. The number of nitrogens with zero attached hydrogens (tertiary/aromatic N) is 2. The van der Waals surface area contributed by atoms with Gasteiger partial charge in [-0.05, 0) is 55.7 Å². The molecule has 0 aliphatic carbocycles. The van der Waals surface area contributed by atoms with Gasteiger partial charge >= 0.3 is 0 Å². The van der Waals surface area contributed by atoms with Crippen LogP contribution in [0.5, 0.6) is 23.1 Å². The number of hydrogen-bond donors (Lipinski definition) is 1. The highest BCUT2D eigenvalue weighted by Crippen LogP contribution is 2.29. The van der Waals surface area contributed by atoms with Crippen molar-refractivity contribution in [3.63, 3.8) is 0 Å². The molecule has 0 bridgehead atoms. The molecule has 0 atom stereocenters. The Morgan fingerprint density at radius 2 is 1.85 bits per heavy atom. The summed E-state index contributed by atoms with van der Waals surface area (Å²) in [5.41, 5.74) is 0.307. The summed E-state index contributed by atoms with van der Waals surface area (Å²) in [6.45, 7) is 3.80. The molecule has 0 spiro atoms. The molecule has 0 aliphatic heterocycles. The summed E-state index contributed by atoms with van der Waals surface area (Å²) in [5.74, 6) is 0.619. The summed E-state index contributed by atoms with van der Waals surface area (Å²) in [4.78, 5) is 26.3. The lowest BCUT2D eigenvalue weighted by molar-refractivity contribution is 0.103. The molecule has 1 heterocycles. The Labute approximate surface area is 197 Å². The lowest BCUT2D eigenvalue weighted by Gasteiger charge is -2.16. The summed E-state index contributed by atoms with van der Waals surface area (Å²) in [6, 6.07) is 13.8. The van der Waals surface area contributed by atoms with Crippen molar-refractivity contribution >= 4 is 5.78 Å². The first-order chi connectivity index (χ1) is 16.4. The van der Waals surface area contributed by atoms with Crippen molar-refractivity contribution in [3.8, 4) is 29.2 Å². The molecule has 3 aromatic rings. The summed E-state index contributed by atoms with van der Waals surface area (Å²) >= 11 is 0. The Bertz CT molecular complexity index is 1320. The third kappa shape index (κ3) is 4.74. The second-order valence-corrected chi connectivity index (χ2v) is 7.50. The molecule has 0 saturated heterocycles. The van der Waals surface area contributed by atoms with Crippen molar-refractivity contribution in [2.75, 3.05) is 20.8 Å². The first-order valence-electron chi connectivity index (χ1n) is 10.7. The van der Waals surface area contributed by atoms with Crippen LogP contribution < -0.4 is 19.8 Å². The smallest absolute Gasteiger partial charge is 0.271 e. The van der Waals surface area contributed by atoms with Crippen LogP contribution in [0.3, 0.4) is 0 Å². The lowest BCUT2D eigenvalue weighted by atomic mass is 9.97. The van der Waals surface area contributed by atoms with Gasteiger partial charge in [-0.1, -0.05) is 18.2 Å². The predicted octanol–water partition coefficient (Wildman–Crippen LogP) is 3.62. The number of hydrogen-bond acceptors (Lipinski definition) is 7. The van der Waals surface area contributed by atoms with E-state index in [9.17, 15) is 20.0 Å². The molecular formula is C26H26N2O6. The van der Waals surface area contributed by atoms with Crippen LogP contribution in [0.25, 0.3) is 0 Å². The second kappa shape index (κ2) is 10.6. The maximum atomic E-state index is 13.3. The highest BCUT2D eigenvalue weighted by Gasteiger charge is 2.25. The summed E-state index contributed by atoms with van der Waals surface area (Å²) in [7, 11) is 3.06. The normalized spacial score (nSPS) is 10.4. The zero-order valence-corrected chi connectivity index (χ0v) is 19.5. The van der Waals surface area contributed by atoms with Gasteiger partial charge in [0.1, 0.15) is 17.4 Å². The number of pyridine rings is 1. The van der Waals surface area contributed by atoms with Gasteiger partial charge in [-0.2, -0.15) is 5.26 Å². The first-order valence-corrected chi connectivity index (χ1v) is 10.7. The molecule has 0 aliphatic rings. The van der Waals surface area contributed by atoms with Crippen LogP contribution in [0.2, 0.25) is 0 Å². The number of carbonyl (C=O) groups excluding carboxylic acids is 1. The van der Waals surface area contributed by atoms with Gasteiger partial charge in [0.2, 0.25) is 5.88 Å². The largest absolute Gasteiger partial charge is 0.494 e. The monoisotopic (exact) mass is 462 g/mol. The summed E-state index contributed by atoms with van der Waals surface area (Å²) in [5, 5.41) is 20.6. The van der Waals surface area contributed by atoms with E-state index in [1.165, 1.54) is 21.1 Å². The van der Waals surface area contributed by atoms with Crippen molar-refractivity contribution in [2.45, 2.75) is 26.8 Å². The van der Waals surface area contributed by atoms with Gasteiger partial charge < -0.3 is 19.3 Å². The van der Waals surface area contributed by atoms with Crippen molar-refractivity contribution in [3.05, 3.63) is 80.6 Å². The van der Waals surface area contributed by atoms with E-state index < -0.39 is 17.2 Å². The fourth-order valence-corrected chi connectivity index (χ4v) is 3.75. The Kier molecular flexibility index (Phi) is 7.59. The van der Waals surface area contributed by atoms with Crippen LogP contribution >= 0.6 is 0 Å². The minimum absolute atomic E-state index is 0.0500. The summed E-state index contributed by atoms with van der Waals surface area (Å²) < 4.78 is 17.1. The molecule has 176 valence electrons. The number of methoxy groups -OCH3 is 2. The second-order valence-electron chi connectivity index (χ2n) is 7.50. The topological polar surface area (TPSA) is 111 Å². The Morgan fingerprint density at radius 1 is 1.12 bits per heavy atom. The van der Waals surface area contributed by atoms with E-state index in [1.54, 1.807) is 36.4 Å². The van der Waals surface area contributed by atoms with Gasteiger partial charge in [-0.3, -0.25) is 14.2 Å². The number of aromatic nitrogens is 1. The number of aryl methyl sites for hydroxylation is 1. The number of ketones is 1. The molecule has 1 N–H and O–H groups in total. The number of carbonyl (C=O) groups is 1. The molecule has 0 unspecified atom stereocenters. The van der Waals surface area contributed by atoms with Crippen LogP contribution in [-0.4, -0.2) is 36.3 Å². The molecule has 34 heavy (non-hydrogen) atoms. The number of nitriles is 1.